The Bertz CT molecular complexity index is 308. The summed E-state index contributed by atoms with van der Waals surface area (Å²) in [6, 6.07) is 0. The van der Waals surface area contributed by atoms with Crippen molar-refractivity contribution in [2.75, 3.05) is 20.1 Å². The van der Waals surface area contributed by atoms with Crippen LogP contribution in [-0.2, 0) is 7.05 Å². The second-order valence-corrected chi connectivity index (χ2v) is 4.45. The molecule has 3 heteroatoms. The van der Waals surface area contributed by atoms with E-state index in [1.807, 2.05) is 11.7 Å². The highest BCUT2D eigenvalue weighted by molar-refractivity contribution is 5.19. The molecule has 2 rings (SSSR count). The molecule has 0 aliphatic carbocycles. The molecule has 0 amide bonds. The Kier molecular flexibility index (Phi) is 2.59. The molecule has 1 fully saturated rings. The maximum Gasteiger partial charge on any atom is 0.0685 e. The van der Waals surface area contributed by atoms with E-state index in [0.717, 1.165) is 0 Å². The number of aromatic nitrogens is 2. The van der Waals surface area contributed by atoms with Gasteiger partial charge in [-0.05, 0) is 45.5 Å². The molecule has 14 heavy (non-hydrogen) atoms. The van der Waals surface area contributed by atoms with E-state index < -0.39 is 0 Å². The number of piperidine rings is 1. The number of rotatable bonds is 1. The minimum Gasteiger partial charge on any atom is -0.306 e. The van der Waals surface area contributed by atoms with Gasteiger partial charge >= 0.3 is 0 Å². The fraction of sp³-hybridized carbons (Fsp3) is 0.727. The van der Waals surface area contributed by atoms with Crippen LogP contribution in [0.5, 0.6) is 0 Å². The molecule has 0 atom stereocenters. The minimum atomic E-state index is 0.687. The van der Waals surface area contributed by atoms with E-state index in [1.165, 1.54) is 37.2 Å². The molecule has 0 aromatic carbocycles. The standard InChI is InChI=1S/C11H19N3/c1-9-8-14(3)12-11(9)10-4-6-13(2)7-5-10/h8,10H,4-7H2,1-3H3. The summed E-state index contributed by atoms with van der Waals surface area (Å²) in [6.07, 6.45) is 4.64. The Labute approximate surface area is 85.7 Å². The van der Waals surface area contributed by atoms with Crippen molar-refractivity contribution in [2.24, 2.45) is 7.05 Å². The predicted molar refractivity (Wildman–Crippen MR) is 57.4 cm³/mol. The van der Waals surface area contributed by atoms with E-state index in [1.54, 1.807) is 0 Å². The zero-order valence-electron chi connectivity index (χ0n) is 9.32. The highest BCUT2D eigenvalue weighted by atomic mass is 15.3. The Hall–Kier alpha value is -0.830. The van der Waals surface area contributed by atoms with Crippen molar-refractivity contribution in [3.05, 3.63) is 17.5 Å². The smallest absolute Gasteiger partial charge is 0.0685 e. The van der Waals surface area contributed by atoms with E-state index >= 15 is 0 Å². The first-order valence-corrected chi connectivity index (χ1v) is 5.35. The third kappa shape index (κ3) is 1.82. The van der Waals surface area contributed by atoms with Crippen LogP contribution in [0.25, 0.3) is 0 Å². The molecular formula is C11H19N3. The average molecular weight is 193 g/mol. The topological polar surface area (TPSA) is 21.1 Å². The van der Waals surface area contributed by atoms with Gasteiger partial charge in [-0.1, -0.05) is 0 Å². The molecule has 78 valence electrons. The third-order valence-corrected chi connectivity index (χ3v) is 3.16. The van der Waals surface area contributed by atoms with E-state index in [2.05, 4.69) is 30.2 Å². The first-order chi connectivity index (χ1) is 6.66. The van der Waals surface area contributed by atoms with Gasteiger partial charge in [0.15, 0.2) is 0 Å². The van der Waals surface area contributed by atoms with Gasteiger partial charge in [0.25, 0.3) is 0 Å². The number of likely N-dealkylation sites (tertiary alicyclic amines) is 1. The Morgan fingerprint density at radius 3 is 2.43 bits per heavy atom. The quantitative estimate of drug-likeness (QED) is 0.674. The van der Waals surface area contributed by atoms with Gasteiger partial charge in [0.2, 0.25) is 0 Å². The van der Waals surface area contributed by atoms with Gasteiger partial charge < -0.3 is 4.90 Å². The molecule has 2 heterocycles. The molecule has 1 aliphatic rings. The maximum atomic E-state index is 4.56. The van der Waals surface area contributed by atoms with Crippen molar-refractivity contribution < 1.29 is 0 Å². The van der Waals surface area contributed by atoms with Crippen molar-refractivity contribution >= 4 is 0 Å². The summed E-state index contributed by atoms with van der Waals surface area (Å²) in [7, 11) is 4.20. The summed E-state index contributed by atoms with van der Waals surface area (Å²) in [5.74, 6) is 0.687. The van der Waals surface area contributed by atoms with E-state index in [4.69, 9.17) is 0 Å². The molecule has 1 saturated heterocycles. The summed E-state index contributed by atoms with van der Waals surface area (Å²) >= 11 is 0. The number of hydrogen-bond donors (Lipinski definition) is 0. The van der Waals surface area contributed by atoms with Gasteiger partial charge in [0, 0.05) is 19.2 Å². The number of hydrogen-bond acceptors (Lipinski definition) is 2. The van der Waals surface area contributed by atoms with Crippen molar-refractivity contribution in [1.29, 1.82) is 0 Å². The van der Waals surface area contributed by atoms with Crippen LogP contribution in [0.4, 0.5) is 0 Å². The average Bonchev–Trinajstić information content (AvgIpc) is 2.47. The summed E-state index contributed by atoms with van der Waals surface area (Å²) < 4.78 is 1.93. The Morgan fingerprint density at radius 2 is 1.93 bits per heavy atom. The fourth-order valence-electron chi connectivity index (χ4n) is 2.31. The second-order valence-electron chi connectivity index (χ2n) is 4.45. The van der Waals surface area contributed by atoms with Crippen LogP contribution < -0.4 is 0 Å². The highest BCUT2D eigenvalue weighted by Crippen LogP contribution is 2.28. The van der Waals surface area contributed by atoms with Crippen LogP contribution in [0.3, 0.4) is 0 Å². The molecule has 0 bridgehead atoms. The van der Waals surface area contributed by atoms with E-state index in [-0.39, 0.29) is 0 Å². The summed E-state index contributed by atoms with van der Waals surface area (Å²) in [5.41, 5.74) is 2.67. The fourth-order valence-corrected chi connectivity index (χ4v) is 2.31. The highest BCUT2D eigenvalue weighted by Gasteiger charge is 2.21. The first kappa shape index (κ1) is 9.71. The zero-order chi connectivity index (χ0) is 10.1. The van der Waals surface area contributed by atoms with Crippen LogP contribution in [0.1, 0.15) is 30.0 Å². The molecule has 1 aliphatic heterocycles. The first-order valence-electron chi connectivity index (χ1n) is 5.35. The summed E-state index contributed by atoms with van der Waals surface area (Å²) in [5, 5.41) is 4.56. The SMILES string of the molecule is Cc1cn(C)nc1C1CCN(C)CC1. The third-order valence-electron chi connectivity index (χ3n) is 3.16. The van der Waals surface area contributed by atoms with Crippen LogP contribution in [0.2, 0.25) is 0 Å². The van der Waals surface area contributed by atoms with Crippen LogP contribution >= 0.6 is 0 Å². The monoisotopic (exact) mass is 193 g/mol. The lowest BCUT2D eigenvalue weighted by Crippen LogP contribution is -2.29. The zero-order valence-corrected chi connectivity index (χ0v) is 9.32. The van der Waals surface area contributed by atoms with Crippen molar-refractivity contribution in [3.8, 4) is 0 Å². The van der Waals surface area contributed by atoms with Crippen LogP contribution in [-0.4, -0.2) is 34.8 Å². The Balaban J connectivity index is 2.11. The minimum absolute atomic E-state index is 0.687. The van der Waals surface area contributed by atoms with Gasteiger partial charge in [0.05, 0.1) is 5.69 Å². The van der Waals surface area contributed by atoms with Crippen molar-refractivity contribution in [3.63, 3.8) is 0 Å². The van der Waals surface area contributed by atoms with Gasteiger partial charge in [-0.3, -0.25) is 4.68 Å². The lowest BCUT2D eigenvalue weighted by atomic mass is 9.92. The number of aryl methyl sites for hydroxylation is 2. The summed E-state index contributed by atoms with van der Waals surface area (Å²) in [6.45, 7) is 4.59. The van der Waals surface area contributed by atoms with Gasteiger partial charge in [-0.2, -0.15) is 5.10 Å². The normalized spacial score (nSPS) is 20.2. The largest absolute Gasteiger partial charge is 0.306 e. The van der Waals surface area contributed by atoms with E-state index in [0.29, 0.717) is 5.92 Å². The molecule has 3 nitrogen and oxygen atoms in total. The van der Waals surface area contributed by atoms with Gasteiger partial charge in [0.1, 0.15) is 0 Å². The molecule has 0 saturated carbocycles. The molecule has 1 aromatic heterocycles. The molecule has 0 N–H and O–H groups in total. The molecule has 0 radical (unpaired) electrons. The van der Waals surface area contributed by atoms with Crippen LogP contribution in [0.15, 0.2) is 6.20 Å². The predicted octanol–water partition coefficient (Wildman–Crippen LogP) is 1.54. The molecular weight excluding hydrogens is 174 g/mol. The molecule has 0 spiro atoms. The lowest BCUT2D eigenvalue weighted by molar-refractivity contribution is 0.252. The van der Waals surface area contributed by atoms with E-state index in [9.17, 15) is 0 Å². The van der Waals surface area contributed by atoms with Gasteiger partial charge in [-0.15, -0.1) is 0 Å². The number of nitrogens with zero attached hydrogens (tertiary/aromatic N) is 3. The molecule has 1 aromatic rings. The summed E-state index contributed by atoms with van der Waals surface area (Å²) in [4.78, 5) is 2.40. The molecule has 0 unspecified atom stereocenters. The van der Waals surface area contributed by atoms with Crippen molar-refractivity contribution in [1.82, 2.24) is 14.7 Å². The van der Waals surface area contributed by atoms with Crippen LogP contribution in [0, 0.1) is 6.92 Å². The Morgan fingerprint density at radius 1 is 1.29 bits per heavy atom. The van der Waals surface area contributed by atoms with Crippen molar-refractivity contribution in [2.45, 2.75) is 25.7 Å². The maximum absolute atomic E-state index is 4.56. The van der Waals surface area contributed by atoms with Gasteiger partial charge in [-0.25, -0.2) is 0 Å². The second kappa shape index (κ2) is 3.73. The lowest BCUT2D eigenvalue weighted by Gasteiger charge is -2.28.